The first-order chi connectivity index (χ1) is 5.03. The van der Waals surface area contributed by atoms with E-state index in [9.17, 15) is 0 Å². The van der Waals surface area contributed by atoms with E-state index in [1.807, 2.05) is 6.92 Å². The normalized spacial score (nSPS) is 30.5. The molecule has 1 aliphatic rings. The zero-order chi connectivity index (χ0) is 8.48. The summed E-state index contributed by atoms with van der Waals surface area (Å²) >= 11 is 0. The minimum absolute atomic E-state index is 0.409. The maximum absolute atomic E-state index is 5.83. The van der Waals surface area contributed by atoms with Crippen LogP contribution in [0.3, 0.4) is 0 Å². The van der Waals surface area contributed by atoms with Gasteiger partial charge < -0.3 is 9.16 Å². The number of hydrogen-bond donors (Lipinski definition) is 0. The van der Waals surface area contributed by atoms with Crippen molar-refractivity contribution >= 4 is 8.32 Å². The van der Waals surface area contributed by atoms with Gasteiger partial charge in [-0.1, -0.05) is 0 Å². The Morgan fingerprint density at radius 3 is 2.36 bits per heavy atom. The van der Waals surface area contributed by atoms with Crippen molar-refractivity contribution in [2.24, 2.45) is 0 Å². The van der Waals surface area contributed by atoms with Gasteiger partial charge in [0.05, 0.1) is 12.2 Å². The number of ether oxygens (including phenoxy) is 1. The second-order valence-corrected chi connectivity index (χ2v) is 8.46. The summed E-state index contributed by atoms with van der Waals surface area (Å²) in [4.78, 5) is 0. The van der Waals surface area contributed by atoms with Crippen molar-refractivity contribution in [3.8, 4) is 0 Å². The third kappa shape index (κ3) is 3.36. The van der Waals surface area contributed by atoms with E-state index in [1.54, 1.807) is 0 Å². The molecule has 0 saturated heterocycles. The molecule has 0 radical (unpaired) electrons. The van der Waals surface area contributed by atoms with Crippen molar-refractivity contribution in [1.29, 1.82) is 0 Å². The van der Waals surface area contributed by atoms with Crippen molar-refractivity contribution in [2.75, 3.05) is 6.61 Å². The Kier molecular flexibility index (Phi) is 2.73. The molecule has 2 nitrogen and oxygen atoms in total. The van der Waals surface area contributed by atoms with Crippen LogP contribution < -0.4 is 0 Å². The lowest BCUT2D eigenvalue weighted by Gasteiger charge is -2.16. The summed E-state index contributed by atoms with van der Waals surface area (Å²) in [6.07, 6.45) is 1.94. The molecule has 1 saturated carbocycles. The van der Waals surface area contributed by atoms with Crippen molar-refractivity contribution in [3.05, 3.63) is 0 Å². The third-order valence-corrected chi connectivity index (χ3v) is 2.57. The molecule has 11 heavy (non-hydrogen) atoms. The van der Waals surface area contributed by atoms with Gasteiger partial charge in [-0.2, -0.15) is 0 Å². The highest BCUT2D eigenvalue weighted by Crippen LogP contribution is 2.31. The van der Waals surface area contributed by atoms with Crippen LogP contribution in [0.15, 0.2) is 0 Å². The van der Waals surface area contributed by atoms with Crippen molar-refractivity contribution in [2.45, 2.75) is 45.2 Å². The molecule has 2 atom stereocenters. The molecule has 0 bridgehead atoms. The molecule has 66 valence electrons. The summed E-state index contributed by atoms with van der Waals surface area (Å²) < 4.78 is 11.2. The molecule has 0 aliphatic heterocycles. The summed E-state index contributed by atoms with van der Waals surface area (Å²) in [6, 6.07) is 0. The fourth-order valence-corrected chi connectivity index (χ4v) is 2.27. The Morgan fingerprint density at radius 1 is 1.27 bits per heavy atom. The van der Waals surface area contributed by atoms with E-state index in [4.69, 9.17) is 9.16 Å². The van der Waals surface area contributed by atoms with E-state index in [2.05, 4.69) is 19.6 Å². The van der Waals surface area contributed by atoms with Gasteiger partial charge in [-0.3, -0.25) is 0 Å². The van der Waals surface area contributed by atoms with Gasteiger partial charge in [-0.05, 0) is 26.6 Å². The molecule has 0 aromatic heterocycles. The Labute approximate surface area is 70.0 Å². The minimum atomic E-state index is -1.31. The van der Waals surface area contributed by atoms with Crippen LogP contribution in [0.1, 0.15) is 13.3 Å². The SMILES string of the molecule is CCOC1CC1O[Si](C)(C)C. The molecule has 0 amide bonds. The average Bonchev–Trinajstić information content (AvgIpc) is 2.44. The molecule has 1 rings (SSSR count). The van der Waals surface area contributed by atoms with E-state index in [1.165, 1.54) is 0 Å². The molecule has 1 fully saturated rings. The third-order valence-electron chi connectivity index (χ3n) is 1.56. The average molecular weight is 174 g/mol. The predicted molar refractivity (Wildman–Crippen MR) is 48.3 cm³/mol. The van der Waals surface area contributed by atoms with Crippen molar-refractivity contribution < 1.29 is 9.16 Å². The lowest BCUT2D eigenvalue weighted by Crippen LogP contribution is -2.27. The molecule has 0 N–H and O–H groups in total. The molecular formula is C8H18O2Si. The van der Waals surface area contributed by atoms with Crippen molar-refractivity contribution in [1.82, 2.24) is 0 Å². The monoisotopic (exact) mass is 174 g/mol. The second kappa shape index (κ2) is 3.25. The lowest BCUT2D eigenvalue weighted by molar-refractivity contribution is 0.0973. The summed E-state index contributed by atoms with van der Waals surface area (Å²) in [5.41, 5.74) is 0. The van der Waals surface area contributed by atoms with E-state index >= 15 is 0 Å². The van der Waals surface area contributed by atoms with Crippen LogP contribution in [0.5, 0.6) is 0 Å². The maximum atomic E-state index is 5.83. The first-order valence-electron chi connectivity index (χ1n) is 4.32. The lowest BCUT2D eigenvalue weighted by atomic mass is 10.7. The van der Waals surface area contributed by atoms with Crippen LogP contribution in [-0.2, 0) is 9.16 Å². The fraction of sp³-hybridized carbons (Fsp3) is 1.00. The zero-order valence-corrected chi connectivity index (χ0v) is 8.89. The number of hydrogen-bond acceptors (Lipinski definition) is 2. The first-order valence-corrected chi connectivity index (χ1v) is 7.73. The topological polar surface area (TPSA) is 18.5 Å². The van der Waals surface area contributed by atoms with E-state index in [0.29, 0.717) is 12.2 Å². The van der Waals surface area contributed by atoms with Crippen LogP contribution in [0.25, 0.3) is 0 Å². The van der Waals surface area contributed by atoms with Crippen molar-refractivity contribution in [3.63, 3.8) is 0 Å². The molecule has 0 aromatic carbocycles. The smallest absolute Gasteiger partial charge is 0.184 e. The van der Waals surface area contributed by atoms with Crippen LogP contribution >= 0.6 is 0 Å². The van der Waals surface area contributed by atoms with Crippen LogP contribution in [0, 0.1) is 0 Å². The fourth-order valence-electron chi connectivity index (χ4n) is 1.12. The first kappa shape index (κ1) is 9.23. The van der Waals surface area contributed by atoms with Crippen LogP contribution in [0.2, 0.25) is 19.6 Å². The van der Waals surface area contributed by atoms with Crippen LogP contribution in [-0.4, -0.2) is 27.1 Å². The molecule has 0 spiro atoms. The zero-order valence-electron chi connectivity index (χ0n) is 7.89. The van der Waals surface area contributed by atoms with Gasteiger partial charge in [0.1, 0.15) is 0 Å². The Hall–Kier alpha value is 0.137. The predicted octanol–water partition coefficient (Wildman–Crippen LogP) is 2.02. The van der Waals surface area contributed by atoms with E-state index in [-0.39, 0.29) is 0 Å². The molecule has 0 heterocycles. The molecule has 0 aromatic rings. The summed E-state index contributed by atoms with van der Waals surface area (Å²) in [6.45, 7) is 9.50. The highest BCUT2D eigenvalue weighted by molar-refractivity contribution is 6.69. The van der Waals surface area contributed by atoms with Gasteiger partial charge in [0.25, 0.3) is 0 Å². The molecule has 2 unspecified atom stereocenters. The maximum Gasteiger partial charge on any atom is 0.184 e. The molecular weight excluding hydrogens is 156 g/mol. The second-order valence-electron chi connectivity index (χ2n) is 4.00. The Balaban J connectivity index is 2.13. The van der Waals surface area contributed by atoms with Gasteiger partial charge >= 0.3 is 0 Å². The highest BCUT2D eigenvalue weighted by atomic mass is 28.4. The summed E-state index contributed by atoms with van der Waals surface area (Å²) in [7, 11) is -1.31. The van der Waals surface area contributed by atoms with Gasteiger partial charge in [-0.15, -0.1) is 0 Å². The highest BCUT2D eigenvalue weighted by Gasteiger charge is 2.41. The van der Waals surface area contributed by atoms with E-state index in [0.717, 1.165) is 13.0 Å². The number of rotatable bonds is 4. The largest absolute Gasteiger partial charge is 0.412 e. The molecule has 3 heteroatoms. The minimum Gasteiger partial charge on any atom is -0.412 e. The van der Waals surface area contributed by atoms with E-state index < -0.39 is 8.32 Å². The Bertz CT molecular complexity index is 131. The summed E-state index contributed by atoms with van der Waals surface area (Å²) in [5, 5.41) is 0. The standard InChI is InChI=1S/C8H18O2Si/c1-5-9-7-6-8(7)10-11(2,3)4/h7-8H,5-6H2,1-4H3. The van der Waals surface area contributed by atoms with Gasteiger partial charge in [0.15, 0.2) is 8.32 Å². The van der Waals surface area contributed by atoms with Gasteiger partial charge in [0.2, 0.25) is 0 Å². The van der Waals surface area contributed by atoms with Gasteiger partial charge in [0, 0.05) is 13.0 Å². The quantitative estimate of drug-likeness (QED) is 0.607. The molecule has 1 aliphatic carbocycles. The van der Waals surface area contributed by atoms with Gasteiger partial charge in [-0.25, -0.2) is 0 Å². The van der Waals surface area contributed by atoms with Crippen LogP contribution in [0.4, 0.5) is 0 Å². The Morgan fingerprint density at radius 2 is 1.91 bits per heavy atom. The summed E-state index contributed by atoms with van der Waals surface area (Å²) in [5.74, 6) is 0.